The van der Waals surface area contributed by atoms with Gasteiger partial charge in [0.2, 0.25) is 0 Å². The van der Waals surface area contributed by atoms with E-state index in [-0.39, 0.29) is 10.8 Å². The van der Waals surface area contributed by atoms with Crippen molar-refractivity contribution in [2.24, 2.45) is 28.6 Å². The van der Waals surface area contributed by atoms with Gasteiger partial charge < -0.3 is 0 Å². The number of hydrogen-bond donors (Lipinski definition) is 1. The van der Waals surface area contributed by atoms with E-state index in [1.165, 1.54) is 29.6 Å². The smallest absolute Gasteiger partial charge is 0.264 e. The highest BCUT2D eigenvalue weighted by Gasteiger charge is 2.57. The van der Waals surface area contributed by atoms with Gasteiger partial charge >= 0.3 is 10.4 Å². The fourth-order valence-electron chi connectivity index (χ4n) is 7.42. The minimum absolute atomic E-state index is 0.111. The van der Waals surface area contributed by atoms with Crippen molar-refractivity contribution in [3.63, 3.8) is 0 Å². The Labute approximate surface area is 179 Å². The van der Waals surface area contributed by atoms with Gasteiger partial charge in [0.05, 0.1) is 6.10 Å². The molecule has 6 unspecified atom stereocenters. The molecule has 30 heavy (non-hydrogen) atoms. The fraction of sp³-hybridized carbons (Fsp3) is 0.625. The number of allylic oxidation sites excluding steroid dienone is 3. The molecule has 1 heterocycles. The van der Waals surface area contributed by atoms with Crippen molar-refractivity contribution < 1.29 is 17.2 Å². The molecule has 5 nitrogen and oxygen atoms in total. The van der Waals surface area contributed by atoms with Gasteiger partial charge in [-0.2, -0.15) is 8.42 Å². The SMILES string of the molecule is CC12CCC(OS(=O)(=O)O)CC1=CCC1C2CCC2(C)C(c3cccnc3)=CCC12. The summed E-state index contributed by atoms with van der Waals surface area (Å²) in [7, 11) is -4.40. The van der Waals surface area contributed by atoms with Crippen molar-refractivity contribution in [3.05, 3.63) is 47.8 Å². The van der Waals surface area contributed by atoms with Crippen LogP contribution in [0.2, 0.25) is 0 Å². The second kappa shape index (κ2) is 7.01. The van der Waals surface area contributed by atoms with E-state index >= 15 is 0 Å². The van der Waals surface area contributed by atoms with Crippen LogP contribution in [0.3, 0.4) is 0 Å². The molecule has 1 aromatic heterocycles. The first-order chi connectivity index (χ1) is 14.2. The molecule has 4 aliphatic rings. The third-order valence-electron chi connectivity index (χ3n) is 8.87. The van der Waals surface area contributed by atoms with E-state index in [9.17, 15) is 8.42 Å². The molecule has 0 aliphatic heterocycles. The van der Waals surface area contributed by atoms with Gasteiger partial charge in [-0.25, -0.2) is 4.18 Å². The Morgan fingerprint density at radius 2 is 1.90 bits per heavy atom. The van der Waals surface area contributed by atoms with E-state index in [4.69, 9.17) is 8.74 Å². The number of pyridine rings is 1. The summed E-state index contributed by atoms with van der Waals surface area (Å²) in [6.07, 6.45) is 15.0. The van der Waals surface area contributed by atoms with Gasteiger partial charge in [-0.1, -0.05) is 37.6 Å². The topological polar surface area (TPSA) is 76.5 Å². The van der Waals surface area contributed by atoms with Gasteiger partial charge in [-0.15, -0.1) is 0 Å². The number of fused-ring (bicyclic) bond motifs is 5. The average molecular weight is 430 g/mol. The quantitative estimate of drug-likeness (QED) is 0.526. The molecule has 2 saturated carbocycles. The molecule has 0 aromatic carbocycles. The summed E-state index contributed by atoms with van der Waals surface area (Å²) in [5.41, 5.74) is 4.40. The first-order valence-electron chi connectivity index (χ1n) is 11.2. The van der Waals surface area contributed by atoms with Crippen LogP contribution in [0.15, 0.2) is 42.3 Å². The summed E-state index contributed by atoms with van der Waals surface area (Å²) in [5, 5.41) is 0. The fourth-order valence-corrected chi connectivity index (χ4v) is 7.93. The minimum Gasteiger partial charge on any atom is -0.264 e. The van der Waals surface area contributed by atoms with Crippen molar-refractivity contribution in [2.45, 2.75) is 64.9 Å². The van der Waals surface area contributed by atoms with Gasteiger partial charge in [0.15, 0.2) is 0 Å². The molecule has 4 aliphatic carbocycles. The van der Waals surface area contributed by atoms with Gasteiger partial charge in [0, 0.05) is 12.4 Å². The Kier molecular flexibility index (Phi) is 4.77. The lowest BCUT2D eigenvalue weighted by Crippen LogP contribution is -2.50. The molecular formula is C24H31NO4S. The Morgan fingerprint density at radius 1 is 1.10 bits per heavy atom. The van der Waals surface area contributed by atoms with Crippen molar-refractivity contribution in [1.29, 1.82) is 0 Å². The lowest BCUT2D eigenvalue weighted by Gasteiger charge is -2.57. The first-order valence-corrected chi connectivity index (χ1v) is 12.5. The Morgan fingerprint density at radius 3 is 2.63 bits per heavy atom. The van der Waals surface area contributed by atoms with Crippen molar-refractivity contribution in [1.82, 2.24) is 4.98 Å². The summed E-state index contributed by atoms with van der Waals surface area (Å²) >= 11 is 0. The second-order valence-electron chi connectivity index (χ2n) is 10.2. The van der Waals surface area contributed by atoms with Crippen LogP contribution in [0.25, 0.3) is 5.57 Å². The van der Waals surface area contributed by atoms with E-state index in [2.05, 4.69) is 37.0 Å². The van der Waals surface area contributed by atoms with Gasteiger partial charge in [0.1, 0.15) is 0 Å². The summed E-state index contributed by atoms with van der Waals surface area (Å²) in [6, 6.07) is 4.22. The Balaban J connectivity index is 1.40. The van der Waals surface area contributed by atoms with Crippen LogP contribution in [-0.4, -0.2) is 24.1 Å². The summed E-state index contributed by atoms with van der Waals surface area (Å²) in [6.45, 7) is 4.84. The molecule has 162 valence electrons. The maximum Gasteiger partial charge on any atom is 0.397 e. The van der Waals surface area contributed by atoms with Crippen LogP contribution in [0.1, 0.15) is 64.4 Å². The summed E-state index contributed by atoms with van der Waals surface area (Å²) in [4.78, 5) is 4.35. The Hall–Kier alpha value is -1.50. The Bertz CT molecular complexity index is 1000. The predicted octanol–water partition coefficient (Wildman–Crippen LogP) is 5.23. The zero-order valence-corrected chi connectivity index (χ0v) is 18.6. The highest BCUT2D eigenvalue weighted by molar-refractivity contribution is 7.80. The van der Waals surface area contributed by atoms with Gasteiger partial charge in [0.25, 0.3) is 0 Å². The molecule has 1 N–H and O–H groups in total. The molecule has 6 heteroatoms. The minimum atomic E-state index is -4.40. The predicted molar refractivity (Wildman–Crippen MR) is 116 cm³/mol. The summed E-state index contributed by atoms with van der Waals surface area (Å²) in [5.74, 6) is 1.93. The van der Waals surface area contributed by atoms with E-state index < -0.39 is 16.5 Å². The highest BCUT2D eigenvalue weighted by atomic mass is 32.3. The van der Waals surface area contributed by atoms with Crippen LogP contribution < -0.4 is 0 Å². The van der Waals surface area contributed by atoms with Crippen LogP contribution in [-0.2, 0) is 14.6 Å². The van der Waals surface area contributed by atoms with E-state index in [0.29, 0.717) is 30.6 Å². The molecule has 6 atom stereocenters. The van der Waals surface area contributed by atoms with Crippen LogP contribution in [0.4, 0.5) is 0 Å². The number of rotatable bonds is 3. The average Bonchev–Trinajstić information content (AvgIpc) is 3.05. The van der Waals surface area contributed by atoms with Crippen LogP contribution in [0.5, 0.6) is 0 Å². The number of aromatic nitrogens is 1. The lowest BCUT2D eigenvalue weighted by molar-refractivity contribution is -0.0214. The maximum absolute atomic E-state index is 11.2. The first kappa shape index (κ1) is 20.4. The third-order valence-corrected chi connectivity index (χ3v) is 9.39. The molecule has 0 bridgehead atoms. The van der Waals surface area contributed by atoms with Crippen molar-refractivity contribution >= 4 is 16.0 Å². The van der Waals surface area contributed by atoms with Gasteiger partial charge in [-0.3, -0.25) is 9.54 Å². The largest absolute Gasteiger partial charge is 0.397 e. The summed E-state index contributed by atoms with van der Waals surface area (Å²) < 4.78 is 36.4. The third kappa shape index (κ3) is 3.19. The maximum atomic E-state index is 11.2. The van der Waals surface area contributed by atoms with Crippen molar-refractivity contribution in [3.8, 4) is 0 Å². The second-order valence-corrected chi connectivity index (χ2v) is 11.2. The number of nitrogens with zero attached hydrogens (tertiary/aromatic N) is 1. The molecular weight excluding hydrogens is 398 g/mol. The normalized spacial score (nSPS) is 40.6. The molecule has 0 amide bonds. The molecule has 2 fully saturated rings. The molecule has 5 rings (SSSR count). The number of hydrogen-bond acceptors (Lipinski definition) is 4. The van der Waals surface area contributed by atoms with E-state index in [1.807, 2.05) is 18.5 Å². The van der Waals surface area contributed by atoms with Crippen LogP contribution >= 0.6 is 0 Å². The van der Waals surface area contributed by atoms with Crippen LogP contribution in [0, 0.1) is 28.6 Å². The standard InChI is InChI=1S/C24H31NO4S/c1-23-11-9-18(29-30(26,27)28)14-17(23)5-6-19-21-8-7-20(16-4-3-13-25-15-16)24(21,2)12-10-22(19)23/h3-5,7,13,15,18-19,21-22H,6,8-12,14H2,1-2H3,(H,26,27,28). The zero-order valence-electron chi connectivity index (χ0n) is 17.8. The zero-order chi connectivity index (χ0) is 21.1. The van der Waals surface area contributed by atoms with Gasteiger partial charge in [-0.05, 0) is 90.7 Å². The monoisotopic (exact) mass is 429 g/mol. The molecule has 0 saturated heterocycles. The van der Waals surface area contributed by atoms with E-state index in [0.717, 1.165) is 19.3 Å². The molecule has 0 radical (unpaired) electrons. The van der Waals surface area contributed by atoms with Crippen molar-refractivity contribution in [2.75, 3.05) is 0 Å². The highest BCUT2D eigenvalue weighted by Crippen LogP contribution is 2.66. The van der Waals surface area contributed by atoms with E-state index in [1.54, 1.807) is 0 Å². The molecule has 0 spiro atoms. The molecule has 1 aromatic rings. The lowest BCUT2D eigenvalue weighted by atomic mass is 9.47.